The van der Waals surface area contributed by atoms with Gasteiger partial charge < -0.3 is 15.3 Å². The summed E-state index contributed by atoms with van der Waals surface area (Å²) in [5, 5.41) is 12.1. The molecule has 3 heterocycles. The van der Waals surface area contributed by atoms with E-state index in [-0.39, 0.29) is 68.1 Å². The van der Waals surface area contributed by atoms with Gasteiger partial charge in [-0.15, -0.1) is 0 Å². The van der Waals surface area contributed by atoms with Crippen molar-refractivity contribution >= 4 is 27.7 Å². The third-order valence-electron chi connectivity index (χ3n) is 8.45. The van der Waals surface area contributed by atoms with Gasteiger partial charge in [-0.2, -0.15) is 13.2 Å². The fourth-order valence-corrected chi connectivity index (χ4v) is 7.38. The highest BCUT2D eigenvalue weighted by Crippen LogP contribution is 2.34. The Balaban J connectivity index is 1.21. The van der Waals surface area contributed by atoms with Gasteiger partial charge in [-0.25, -0.2) is 12.7 Å². The van der Waals surface area contributed by atoms with Crippen molar-refractivity contribution in [2.45, 2.75) is 56.8 Å². The molecule has 2 aromatic rings. The molecule has 2 amide bonds. The van der Waals surface area contributed by atoms with E-state index in [2.05, 4.69) is 10.3 Å². The Hall–Kier alpha value is -3.29. The number of carbonyl (C=O) groups is 2. The summed E-state index contributed by atoms with van der Waals surface area (Å²) < 4.78 is 67.2. The number of nitrogens with zero attached hydrogens (tertiary/aromatic N) is 3. The number of nitrogens with one attached hydrogen (secondary N) is 1. The Labute approximate surface area is 242 Å². The third kappa shape index (κ3) is 5.95. The number of aryl methyl sites for hydroxylation is 2. The van der Waals surface area contributed by atoms with Crippen molar-refractivity contribution < 1.29 is 36.3 Å². The maximum atomic E-state index is 13.2. The number of hydrogen-bond acceptors (Lipinski definition) is 6. The van der Waals surface area contributed by atoms with E-state index in [1.54, 1.807) is 23.1 Å². The summed E-state index contributed by atoms with van der Waals surface area (Å²) in [5.41, 5.74) is 0.167. The van der Waals surface area contributed by atoms with E-state index < -0.39 is 33.2 Å². The first-order valence-corrected chi connectivity index (χ1v) is 15.5. The molecule has 42 heavy (non-hydrogen) atoms. The molecule has 3 aliphatic rings. The number of alkyl halides is 3. The van der Waals surface area contributed by atoms with Gasteiger partial charge in [0.25, 0.3) is 11.8 Å². The smallest absolute Gasteiger partial charge is 0.394 e. The zero-order chi connectivity index (χ0) is 30.3. The molecule has 226 valence electrons. The number of hydrogen-bond donors (Lipinski definition) is 2. The molecule has 13 heteroatoms. The van der Waals surface area contributed by atoms with E-state index in [1.165, 1.54) is 16.4 Å². The van der Waals surface area contributed by atoms with Gasteiger partial charge in [0.2, 0.25) is 10.0 Å². The van der Waals surface area contributed by atoms with E-state index in [0.717, 1.165) is 36.1 Å². The number of piperidine rings is 1. The number of sulfonamides is 1. The van der Waals surface area contributed by atoms with Crippen LogP contribution in [0.25, 0.3) is 0 Å². The minimum Gasteiger partial charge on any atom is -0.394 e. The van der Waals surface area contributed by atoms with Crippen molar-refractivity contribution in [3.8, 4) is 0 Å². The lowest BCUT2D eigenvalue weighted by Gasteiger charge is -2.34. The summed E-state index contributed by atoms with van der Waals surface area (Å²) in [6.07, 6.45) is -2.46. The Morgan fingerprint density at radius 3 is 2.55 bits per heavy atom. The molecule has 2 fully saturated rings. The molecule has 0 bridgehead atoms. The molecule has 0 unspecified atom stereocenters. The zero-order valence-electron chi connectivity index (χ0n) is 23.2. The van der Waals surface area contributed by atoms with Crippen LogP contribution in [0.4, 0.5) is 13.2 Å². The first-order chi connectivity index (χ1) is 19.8. The number of halogens is 3. The summed E-state index contributed by atoms with van der Waals surface area (Å²) in [4.78, 5) is 31.9. The third-order valence-corrected chi connectivity index (χ3v) is 10.3. The lowest BCUT2D eigenvalue weighted by Crippen LogP contribution is -2.50. The minimum atomic E-state index is -4.54. The lowest BCUT2D eigenvalue weighted by molar-refractivity contribution is -0.137. The maximum Gasteiger partial charge on any atom is 0.416 e. The number of carbonyl (C=O) groups excluding carboxylic acids is 2. The highest BCUT2D eigenvalue weighted by molar-refractivity contribution is 7.89. The van der Waals surface area contributed by atoms with Crippen LogP contribution in [0.5, 0.6) is 0 Å². The van der Waals surface area contributed by atoms with Crippen LogP contribution in [0.15, 0.2) is 47.5 Å². The SMILES string of the molecule is Cc1cc(C(=O)N2CCC[C@H]2CO)ccc1CCS(=O)(=O)N1CCC2(CC1)N=C(c1cccc(C(F)(F)F)c1)NC2=O. The molecule has 2 aromatic carbocycles. The monoisotopic (exact) mass is 606 g/mol. The first kappa shape index (κ1) is 30.2. The molecule has 5 rings (SSSR count). The molecule has 2 saturated heterocycles. The lowest BCUT2D eigenvalue weighted by atomic mass is 9.89. The number of amidine groups is 1. The van der Waals surface area contributed by atoms with Crippen LogP contribution in [0, 0.1) is 6.92 Å². The summed E-state index contributed by atoms with van der Waals surface area (Å²) in [7, 11) is -3.67. The predicted molar refractivity (Wildman–Crippen MR) is 149 cm³/mol. The summed E-state index contributed by atoms with van der Waals surface area (Å²) in [6, 6.07) is 9.58. The fourth-order valence-electron chi connectivity index (χ4n) is 5.91. The number of likely N-dealkylation sites (tertiary alicyclic amines) is 1. The molecule has 0 aromatic heterocycles. The molecule has 9 nitrogen and oxygen atoms in total. The van der Waals surface area contributed by atoms with Crippen LogP contribution in [-0.4, -0.2) is 84.0 Å². The van der Waals surface area contributed by atoms with E-state index in [4.69, 9.17) is 0 Å². The van der Waals surface area contributed by atoms with Crippen LogP contribution in [0.2, 0.25) is 0 Å². The second-order valence-corrected chi connectivity index (χ2v) is 13.2. The fraction of sp³-hybridized carbons (Fsp3) is 0.483. The molecule has 0 saturated carbocycles. The second kappa shape index (κ2) is 11.4. The summed E-state index contributed by atoms with van der Waals surface area (Å²) >= 11 is 0. The van der Waals surface area contributed by atoms with E-state index in [1.807, 2.05) is 6.92 Å². The van der Waals surface area contributed by atoms with Crippen LogP contribution < -0.4 is 5.32 Å². The van der Waals surface area contributed by atoms with E-state index >= 15 is 0 Å². The van der Waals surface area contributed by atoms with Gasteiger partial charge in [0.15, 0.2) is 0 Å². The number of rotatable bonds is 7. The average molecular weight is 607 g/mol. The van der Waals surface area contributed by atoms with Crippen LogP contribution >= 0.6 is 0 Å². The molecule has 0 aliphatic carbocycles. The molecular formula is C29H33F3N4O5S. The largest absolute Gasteiger partial charge is 0.416 e. The highest BCUT2D eigenvalue weighted by atomic mass is 32.2. The standard InChI is InChI=1S/C29H33F3N4O5S/c1-19-16-22(26(38)36-12-3-6-24(36)18-37)8-7-20(19)9-15-42(40,41)35-13-10-28(11-14-35)27(39)33-25(34-28)21-4-2-5-23(17-21)29(30,31)32/h2,4-5,7-8,16-17,24,37H,3,6,9-15,18H2,1H3,(H,33,34,39)/t24-/m0/s1. The van der Waals surface area contributed by atoms with Gasteiger partial charge in [0, 0.05) is 30.8 Å². The number of aliphatic hydroxyl groups excluding tert-OH is 1. The highest BCUT2D eigenvalue weighted by Gasteiger charge is 2.47. The summed E-state index contributed by atoms with van der Waals surface area (Å²) in [6.45, 7) is 2.47. The van der Waals surface area contributed by atoms with Gasteiger partial charge in [-0.05, 0) is 74.4 Å². The Morgan fingerprint density at radius 1 is 1.14 bits per heavy atom. The van der Waals surface area contributed by atoms with Crippen molar-refractivity contribution in [2.24, 2.45) is 4.99 Å². The Morgan fingerprint density at radius 2 is 1.88 bits per heavy atom. The van der Waals surface area contributed by atoms with Gasteiger partial charge in [0.1, 0.15) is 11.4 Å². The van der Waals surface area contributed by atoms with Crippen molar-refractivity contribution in [1.29, 1.82) is 0 Å². The van der Waals surface area contributed by atoms with Crippen LogP contribution in [0.3, 0.4) is 0 Å². The number of benzene rings is 2. The van der Waals surface area contributed by atoms with Crippen molar-refractivity contribution in [3.63, 3.8) is 0 Å². The number of aliphatic hydroxyl groups is 1. The van der Waals surface area contributed by atoms with E-state index in [9.17, 15) is 36.3 Å². The predicted octanol–water partition coefficient (Wildman–Crippen LogP) is 2.89. The minimum absolute atomic E-state index is 0.0522. The summed E-state index contributed by atoms with van der Waals surface area (Å²) in [5.74, 6) is -0.698. The quantitative estimate of drug-likeness (QED) is 0.503. The number of aliphatic imine (C=N–C) groups is 1. The number of amides is 2. The maximum absolute atomic E-state index is 13.2. The molecule has 1 atom stereocenters. The molecule has 1 spiro atoms. The second-order valence-electron chi connectivity index (χ2n) is 11.1. The Bertz CT molecular complexity index is 1520. The van der Waals surface area contributed by atoms with Gasteiger partial charge in [-0.3, -0.25) is 14.6 Å². The zero-order valence-corrected chi connectivity index (χ0v) is 24.0. The average Bonchev–Trinajstić information content (AvgIpc) is 3.56. The van der Waals surface area contributed by atoms with Crippen molar-refractivity contribution in [3.05, 3.63) is 70.3 Å². The normalized spacial score (nSPS) is 21.1. The van der Waals surface area contributed by atoms with Gasteiger partial charge in [-0.1, -0.05) is 18.2 Å². The molecule has 2 N–H and O–H groups in total. The van der Waals surface area contributed by atoms with Crippen LogP contribution in [-0.2, 0) is 27.4 Å². The van der Waals surface area contributed by atoms with Crippen LogP contribution in [0.1, 0.15) is 58.3 Å². The topological polar surface area (TPSA) is 119 Å². The molecule has 0 radical (unpaired) electrons. The van der Waals surface area contributed by atoms with Crippen molar-refractivity contribution in [1.82, 2.24) is 14.5 Å². The molecular weight excluding hydrogens is 573 g/mol. The Kier molecular flexibility index (Phi) is 8.20. The van der Waals surface area contributed by atoms with E-state index in [0.29, 0.717) is 12.1 Å². The van der Waals surface area contributed by atoms with Crippen molar-refractivity contribution in [2.75, 3.05) is 32.0 Å². The molecule has 3 aliphatic heterocycles. The van der Waals surface area contributed by atoms with Gasteiger partial charge in [0.05, 0.1) is 24.0 Å². The van der Waals surface area contributed by atoms with Gasteiger partial charge >= 0.3 is 6.18 Å². The first-order valence-electron chi connectivity index (χ1n) is 13.9.